The Kier molecular flexibility index (Phi) is 3.23. The molecule has 0 aliphatic heterocycles. The maximum absolute atomic E-state index is 12.0. The maximum atomic E-state index is 12.0. The lowest BCUT2D eigenvalue weighted by molar-refractivity contribution is 0.863. The van der Waals surface area contributed by atoms with Crippen molar-refractivity contribution in [3.05, 3.63) is 64.8 Å². The third-order valence-electron chi connectivity index (χ3n) is 3.64. The Morgan fingerprint density at radius 3 is 2.91 bits per heavy atom. The molecule has 3 aromatic heterocycles. The van der Waals surface area contributed by atoms with Crippen LogP contribution >= 0.6 is 0 Å². The van der Waals surface area contributed by atoms with Crippen LogP contribution in [0.15, 0.2) is 53.5 Å². The first-order valence-electron chi connectivity index (χ1n) is 7.33. The minimum Gasteiger partial charge on any atom is -0.355 e. The number of hydrogen-bond acceptors (Lipinski definition) is 5. The van der Waals surface area contributed by atoms with Crippen molar-refractivity contribution in [3.63, 3.8) is 0 Å². The van der Waals surface area contributed by atoms with E-state index < -0.39 is 0 Å². The summed E-state index contributed by atoms with van der Waals surface area (Å²) in [7, 11) is 0. The highest BCUT2D eigenvalue weighted by molar-refractivity contribution is 5.78. The number of nitrogens with zero attached hydrogens (tertiary/aromatic N) is 4. The molecule has 0 aliphatic rings. The molecule has 0 saturated heterocycles. The predicted octanol–water partition coefficient (Wildman–Crippen LogP) is 1.62. The Morgan fingerprint density at radius 1 is 1.09 bits per heavy atom. The Morgan fingerprint density at radius 2 is 1.96 bits per heavy atom. The molecule has 0 saturated carbocycles. The maximum Gasteiger partial charge on any atom is 0.260 e. The van der Waals surface area contributed by atoms with Gasteiger partial charge in [0.1, 0.15) is 5.82 Å². The molecule has 2 N–H and O–H groups in total. The summed E-state index contributed by atoms with van der Waals surface area (Å²) in [6, 6.07) is 13.0. The molecule has 0 unspecified atom stereocenters. The van der Waals surface area contributed by atoms with Crippen molar-refractivity contribution in [2.75, 3.05) is 11.9 Å². The summed E-state index contributed by atoms with van der Waals surface area (Å²) in [5.41, 5.74) is 1.34. The Hall–Kier alpha value is -3.22. The molecule has 7 heteroatoms. The Bertz CT molecular complexity index is 1040. The highest BCUT2D eigenvalue weighted by Gasteiger charge is 2.06. The number of aromatic nitrogens is 5. The number of pyridine rings is 1. The zero-order chi connectivity index (χ0) is 15.6. The van der Waals surface area contributed by atoms with Crippen LogP contribution in [0.5, 0.6) is 0 Å². The van der Waals surface area contributed by atoms with Crippen LogP contribution in [0.1, 0.15) is 5.82 Å². The Balaban J connectivity index is 1.52. The highest BCUT2D eigenvalue weighted by atomic mass is 16.1. The quantitative estimate of drug-likeness (QED) is 0.598. The summed E-state index contributed by atoms with van der Waals surface area (Å²) in [5.74, 6) is 1.32. The minimum absolute atomic E-state index is 0.147. The third-order valence-corrected chi connectivity index (χ3v) is 3.64. The summed E-state index contributed by atoms with van der Waals surface area (Å²) >= 11 is 0. The number of benzene rings is 1. The average molecular weight is 306 g/mol. The minimum atomic E-state index is -0.147. The zero-order valence-corrected chi connectivity index (χ0v) is 12.2. The van der Waals surface area contributed by atoms with Gasteiger partial charge in [-0.1, -0.05) is 18.2 Å². The van der Waals surface area contributed by atoms with Gasteiger partial charge in [-0.2, -0.15) is 0 Å². The molecule has 0 amide bonds. The van der Waals surface area contributed by atoms with Crippen LogP contribution in [-0.2, 0) is 6.42 Å². The molecule has 0 aliphatic carbocycles. The van der Waals surface area contributed by atoms with Gasteiger partial charge in [-0.3, -0.25) is 14.2 Å². The predicted molar refractivity (Wildman–Crippen MR) is 87.5 cm³/mol. The SMILES string of the molecule is O=c1[nH]c(NCCc2nnc3ccccn23)nc2ccccc12. The van der Waals surface area contributed by atoms with Gasteiger partial charge in [0.25, 0.3) is 5.56 Å². The van der Waals surface area contributed by atoms with E-state index in [4.69, 9.17) is 0 Å². The smallest absolute Gasteiger partial charge is 0.260 e. The van der Waals surface area contributed by atoms with Gasteiger partial charge in [-0.25, -0.2) is 4.98 Å². The molecule has 0 fully saturated rings. The highest BCUT2D eigenvalue weighted by Crippen LogP contribution is 2.08. The van der Waals surface area contributed by atoms with Crippen molar-refractivity contribution in [3.8, 4) is 0 Å². The summed E-state index contributed by atoms with van der Waals surface area (Å²) in [6.45, 7) is 0.594. The van der Waals surface area contributed by atoms with Gasteiger partial charge in [-0.05, 0) is 24.3 Å². The number of hydrogen-bond donors (Lipinski definition) is 2. The van der Waals surface area contributed by atoms with Crippen LogP contribution < -0.4 is 10.9 Å². The lowest BCUT2D eigenvalue weighted by atomic mass is 10.2. The van der Waals surface area contributed by atoms with Gasteiger partial charge in [0, 0.05) is 19.2 Å². The van der Waals surface area contributed by atoms with Crippen LogP contribution in [0.25, 0.3) is 16.6 Å². The van der Waals surface area contributed by atoms with E-state index in [1.165, 1.54) is 0 Å². The van der Waals surface area contributed by atoms with E-state index in [9.17, 15) is 4.79 Å². The van der Waals surface area contributed by atoms with Gasteiger partial charge in [0.05, 0.1) is 10.9 Å². The second kappa shape index (κ2) is 5.53. The van der Waals surface area contributed by atoms with E-state index in [1.807, 2.05) is 47.0 Å². The van der Waals surface area contributed by atoms with Crippen molar-refractivity contribution in [1.82, 2.24) is 24.6 Å². The fraction of sp³-hybridized carbons (Fsp3) is 0.125. The number of para-hydroxylation sites is 1. The van der Waals surface area contributed by atoms with Crippen molar-refractivity contribution in [2.45, 2.75) is 6.42 Å². The van der Waals surface area contributed by atoms with Gasteiger partial charge >= 0.3 is 0 Å². The van der Waals surface area contributed by atoms with Crippen molar-refractivity contribution < 1.29 is 0 Å². The van der Waals surface area contributed by atoms with Crippen LogP contribution in [0, 0.1) is 0 Å². The lowest BCUT2D eigenvalue weighted by Crippen LogP contribution is -2.15. The first-order chi connectivity index (χ1) is 11.3. The summed E-state index contributed by atoms with van der Waals surface area (Å²) in [5, 5.41) is 12.0. The first kappa shape index (κ1) is 13.4. The van der Waals surface area contributed by atoms with Gasteiger partial charge in [-0.15, -0.1) is 10.2 Å². The third kappa shape index (κ3) is 2.52. The van der Waals surface area contributed by atoms with E-state index in [0.29, 0.717) is 29.8 Å². The number of nitrogens with one attached hydrogen (secondary N) is 2. The van der Waals surface area contributed by atoms with E-state index in [-0.39, 0.29) is 5.56 Å². The summed E-state index contributed by atoms with van der Waals surface area (Å²) in [6.07, 6.45) is 2.60. The summed E-state index contributed by atoms with van der Waals surface area (Å²) in [4.78, 5) is 19.2. The molecule has 0 radical (unpaired) electrons. The molecular weight excluding hydrogens is 292 g/mol. The van der Waals surface area contributed by atoms with E-state index >= 15 is 0 Å². The first-order valence-corrected chi connectivity index (χ1v) is 7.33. The molecular formula is C16H14N6O. The van der Waals surface area contributed by atoms with E-state index in [1.54, 1.807) is 6.07 Å². The van der Waals surface area contributed by atoms with Crippen molar-refractivity contribution in [2.24, 2.45) is 0 Å². The van der Waals surface area contributed by atoms with Crippen molar-refractivity contribution >= 4 is 22.5 Å². The molecule has 3 heterocycles. The molecule has 4 aromatic rings. The molecule has 7 nitrogen and oxygen atoms in total. The number of aromatic amines is 1. The van der Waals surface area contributed by atoms with Crippen LogP contribution in [-0.4, -0.2) is 31.1 Å². The molecule has 0 spiro atoms. The van der Waals surface area contributed by atoms with Crippen molar-refractivity contribution in [1.29, 1.82) is 0 Å². The normalized spacial score (nSPS) is 11.1. The second-order valence-electron chi connectivity index (χ2n) is 5.15. The lowest BCUT2D eigenvalue weighted by Gasteiger charge is -2.05. The summed E-state index contributed by atoms with van der Waals surface area (Å²) < 4.78 is 1.94. The zero-order valence-electron chi connectivity index (χ0n) is 12.2. The molecule has 0 bridgehead atoms. The van der Waals surface area contributed by atoms with Crippen LogP contribution in [0.2, 0.25) is 0 Å². The number of anilines is 1. The molecule has 0 atom stereocenters. The largest absolute Gasteiger partial charge is 0.355 e. The van der Waals surface area contributed by atoms with E-state index in [0.717, 1.165) is 11.5 Å². The van der Waals surface area contributed by atoms with E-state index in [2.05, 4.69) is 25.5 Å². The average Bonchev–Trinajstić information content (AvgIpc) is 2.98. The molecule has 23 heavy (non-hydrogen) atoms. The fourth-order valence-electron chi connectivity index (χ4n) is 2.52. The van der Waals surface area contributed by atoms with Gasteiger partial charge in [0.2, 0.25) is 5.95 Å². The monoisotopic (exact) mass is 306 g/mol. The topological polar surface area (TPSA) is 88.0 Å². The van der Waals surface area contributed by atoms with Crippen LogP contribution in [0.3, 0.4) is 0 Å². The number of H-pyrrole nitrogens is 1. The fourth-order valence-corrected chi connectivity index (χ4v) is 2.52. The van der Waals surface area contributed by atoms with Crippen LogP contribution in [0.4, 0.5) is 5.95 Å². The molecule has 1 aromatic carbocycles. The second-order valence-corrected chi connectivity index (χ2v) is 5.15. The number of fused-ring (bicyclic) bond motifs is 2. The number of rotatable bonds is 4. The van der Waals surface area contributed by atoms with Gasteiger partial charge < -0.3 is 5.32 Å². The standard InChI is InChI=1S/C16H14N6O/c23-15-11-5-1-2-6-12(11)18-16(19-15)17-9-8-14-21-20-13-7-3-4-10-22(13)14/h1-7,10H,8-9H2,(H2,17,18,19,23). The molecule has 4 rings (SSSR count). The molecule has 114 valence electrons. The van der Waals surface area contributed by atoms with Gasteiger partial charge in [0.15, 0.2) is 5.65 Å². The Labute approximate surface area is 131 Å².